The molecule has 19 nitrogen and oxygen atoms in total. The van der Waals surface area contributed by atoms with Gasteiger partial charge >= 0.3 is 16.3 Å². The van der Waals surface area contributed by atoms with Gasteiger partial charge < -0.3 is 36.6 Å². The largest absolute Gasteiger partial charge is 0.503 e. The zero-order valence-corrected chi connectivity index (χ0v) is 22.0. The molecule has 2 aromatic heterocycles. The Morgan fingerprint density at radius 3 is 2.50 bits per heavy atom. The number of carboxylic acids is 1. The van der Waals surface area contributed by atoms with Crippen LogP contribution in [-0.2, 0) is 29.5 Å². The van der Waals surface area contributed by atoms with E-state index in [1.54, 1.807) is 0 Å². The minimum atomic E-state index is -5.18. The number of aromatic nitrogens is 2. The number of anilines is 1. The molecule has 1 fully saturated rings. The molecule has 8 N–H and O–H groups in total. The number of thiazole rings is 1. The summed E-state index contributed by atoms with van der Waals surface area (Å²) >= 11 is 0.884. The standard InChI is InChI=1S/C19H21N7O12S2/c1-19(2,17(32)33)38-24-12(7-6-39-18(20)22-7)15(30)23-13-9(26(16(13)31)40(35,36)37)4-21-14(29)8-3-10(27)11(28)5-25(8)34/h3,5-6,9,13,28,34H,4H2,1-2H3,(H2,20,22)(H,21,29)(H,23,30)(H,32,33)(H,35,36,37)/t9-,13-/m0/s1. The molecule has 2 aromatic rings. The minimum absolute atomic E-state index is 0.0116. The molecule has 1 aliphatic rings. The predicted molar refractivity (Wildman–Crippen MR) is 132 cm³/mol. The van der Waals surface area contributed by atoms with Crippen molar-refractivity contribution in [2.24, 2.45) is 5.16 Å². The Morgan fingerprint density at radius 1 is 1.30 bits per heavy atom. The van der Waals surface area contributed by atoms with Gasteiger partial charge in [-0.1, -0.05) is 5.16 Å². The van der Waals surface area contributed by atoms with Gasteiger partial charge in [-0.05, 0) is 13.8 Å². The van der Waals surface area contributed by atoms with Crippen molar-refractivity contribution in [2.75, 3.05) is 12.3 Å². The lowest BCUT2D eigenvalue weighted by Gasteiger charge is -2.44. The number of β-lactam (4-membered cyclic amide) rings is 1. The number of aromatic hydroxyl groups is 1. The molecular formula is C19H21N7O12S2. The highest BCUT2D eigenvalue weighted by atomic mass is 32.2. The maximum atomic E-state index is 13.1. The number of nitrogens with one attached hydrogen (secondary N) is 2. The molecule has 0 unspecified atom stereocenters. The number of nitrogens with zero attached hydrogens (tertiary/aromatic N) is 4. The van der Waals surface area contributed by atoms with Crippen molar-refractivity contribution in [3.63, 3.8) is 0 Å². The molecular weight excluding hydrogens is 582 g/mol. The molecule has 0 saturated carbocycles. The van der Waals surface area contributed by atoms with Crippen LogP contribution in [0.3, 0.4) is 0 Å². The fraction of sp³-hybridized carbons (Fsp3) is 0.316. The molecule has 3 rings (SSSR count). The third-order valence-electron chi connectivity index (χ3n) is 5.28. The van der Waals surface area contributed by atoms with Gasteiger partial charge in [-0.2, -0.15) is 13.1 Å². The fourth-order valence-corrected chi connectivity index (χ4v) is 4.57. The normalized spacial score (nSPS) is 17.6. The van der Waals surface area contributed by atoms with Gasteiger partial charge in [0.2, 0.25) is 11.0 Å². The maximum Gasteiger partial charge on any atom is 0.362 e. The number of pyridine rings is 1. The van der Waals surface area contributed by atoms with Crippen molar-refractivity contribution in [1.82, 2.24) is 24.7 Å². The summed E-state index contributed by atoms with van der Waals surface area (Å²) in [5.74, 6) is -5.99. The molecule has 40 heavy (non-hydrogen) atoms. The first kappa shape index (κ1) is 29.8. The Balaban J connectivity index is 1.86. The lowest BCUT2D eigenvalue weighted by molar-refractivity contribution is -0.161. The fourth-order valence-electron chi connectivity index (χ4n) is 3.14. The van der Waals surface area contributed by atoms with Crippen molar-refractivity contribution in [1.29, 1.82) is 0 Å². The van der Waals surface area contributed by atoms with Crippen LogP contribution >= 0.6 is 11.3 Å². The van der Waals surface area contributed by atoms with E-state index < -0.39 is 80.8 Å². The number of carbonyl (C=O) groups is 4. The van der Waals surface area contributed by atoms with Crippen molar-refractivity contribution >= 4 is 56.2 Å². The van der Waals surface area contributed by atoms with Crippen LogP contribution in [0.1, 0.15) is 30.0 Å². The molecule has 2 atom stereocenters. The summed E-state index contributed by atoms with van der Waals surface area (Å²) in [5, 5.41) is 37.4. The number of hydrogen-bond donors (Lipinski definition) is 7. The van der Waals surface area contributed by atoms with Gasteiger partial charge in [0.25, 0.3) is 17.7 Å². The number of carbonyl (C=O) groups excluding carboxylic acids is 3. The highest BCUT2D eigenvalue weighted by Gasteiger charge is 2.54. The number of carboxylic acid groups (broad SMARTS) is 1. The van der Waals surface area contributed by atoms with Crippen LogP contribution < -0.4 is 21.8 Å². The molecule has 0 aromatic carbocycles. The number of hydrogen-bond acceptors (Lipinski definition) is 14. The molecule has 3 heterocycles. The second-order valence-electron chi connectivity index (χ2n) is 8.51. The molecule has 1 saturated heterocycles. The van der Waals surface area contributed by atoms with Crippen LogP contribution in [0, 0.1) is 0 Å². The summed E-state index contributed by atoms with van der Waals surface area (Å²) in [6, 6.07) is -2.75. The zero-order chi connectivity index (χ0) is 30.2. The molecule has 0 spiro atoms. The van der Waals surface area contributed by atoms with E-state index in [0.717, 1.165) is 25.2 Å². The molecule has 0 radical (unpaired) electrons. The quantitative estimate of drug-likeness (QED) is 0.0480. The monoisotopic (exact) mass is 603 g/mol. The van der Waals surface area contributed by atoms with Crippen LogP contribution in [0.25, 0.3) is 0 Å². The number of aliphatic carboxylic acids is 1. The lowest BCUT2D eigenvalue weighted by Crippen LogP contribution is -2.74. The van der Waals surface area contributed by atoms with Gasteiger partial charge in [-0.3, -0.25) is 23.7 Å². The summed E-state index contributed by atoms with van der Waals surface area (Å²) in [5.41, 5.74) is 1.14. The smallest absolute Gasteiger partial charge is 0.362 e. The van der Waals surface area contributed by atoms with Crippen LogP contribution in [-0.4, -0.2) is 96.0 Å². The van der Waals surface area contributed by atoms with Gasteiger partial charge in [0.05, 0.1) is 12.2 Å². The molecule has 21 heteroatoms. The van der Waals surface area contributed by atoms with E-state index in [4.69, 9.17) is 10.6 Å². The second-order valence-corrected chi connectivity index (χ2v) is 10.7. The summed E-state index contributed by atoms with van der Waals surface area (Å²) in [6.45, 7) is 1.51. The average Bonchev–Trinajstić information content (AvgIpc) is 3.26. The van der Waals surface area contributed by atoms with Gasteiger partial charge in [-0.25, -0.2) is 14.1 Å². The first-order chi connectivity index (χ1) is 18.4. The van der Waals surface area contributed by atoms with Crippen LogP contribution in [0.2, 0.25) is 0 Å². The zero-order valence-electron chi connectivity index (χ0n) is 20.3. The number of amides is 3. The number of nitrogens with two attached hydrogens (primary N) is 1. The third kappa shape index (κ3) is 6.10. The molecule has 3 amide bonds. The second kappa shape index (κ2) is 10.8. The highest BCUT2D eigenvalue weighted by molar-refractivity contribution is 7.84. The van der Waals surface area contributed by atoms with E-state index in [0.29, 0.717) is 12.3 Å². The third-order valence-corrected chi connectivity index (χ3v) is 6.90. The predicted octanol–water partition coefficient (Wildman–Crippen LogP) is -2.66. The summed E-state index contributed by atoms with van der Waals surface area (Å²) in [6.07, 6.45) is 0.525. The van der Waals surface area contributed by atoms with Crippen molar-refractivity contribution in [3.8, 4) is 5.75 Å². The van der Waals surface area contributed by atoms with Crippen molar-refractivity contribution in [3.05, 3.63) is 39.3 Å². The first-order valence-electron chi connectivity index (χ1n) is 10.7. The van der Waals surface area contributed by atoms with Gasteiger partial charge in [0, 0.05) is 18.0 Å². The molecule has 0 bridgehead atoms. The average molecular weight is 604 g/mol. The Labute approximate surface area is 227 Å². The first-order valence-corrected chi connectivity index (χ1v) is 13.0. The SMILES string of the molecule is CC(C)(ON=C(C(=O)N[C@@H]1C(=O)N(S(=O)(=O)O)[C@H]1CNC(=O)c1cc(=O)c(O)cn1O)c1csc(N)n1)C(=O)O. The van der Waals surface area contributed by atoms with Gasteiger partial charge in [0.15, 0.2) is 16.6 Å². The van der Waals surface area contributed by atoms with Gasteiger partial charge in [-0.15, -0.1) is 11.3 Å². The Hall–Kier alpha value is -4.76. The number of oxime groups is 1. The lowest BCUT2D eigenvalue weighted by atomic mass is 9.98. The Kier molecular flexibility index (Phi) is 8.03. The van der Waals surface area contributed by atoms with Crippen LogP contribution in [0.4, 0.5) is 5.13 Å². The highest BCUT2D eigenvalue weighted by Crippen LogP contribution is 2.24. The Bertz CT molecular complexity index is 1580. The number of nitrogen functional groups attached to an aromatic ring is 1. The van der Waals surface area contributed by atoms with E-state index >= 15 is 0 Å². The van der Waals surface area contributed by atoms with Crippen molar-refractivity contribution in [2.45, 2.75) is 31.5 Å². The van der Waals surface area contributed by atoms with Crippen molar-refractivity contribution < 1.29 is 52.4 Å². The van der Waals surface area contributed by atoms with E-state index in [2.05, 4.69) is 20.8 Å². The molecule has 1 aliphatic heterocycles. The van der Waals surface area contributed by atoms with E-state index in [-0.39, 0.29) is 19.9 Å². The topological polar surface area (TPSA) is 293 Å². The maximum absolute atomic E-state index is 13.1. The minimum Gasteiger partial charge on any atom is -0.503 e. The van der Waals surface area contributed by atoms with E-state index in [1.807, 2.05) is 0 Å². The summed E-state index contributed by atoms with van der Waals surface area (Å²) in [4.78, 5) is 69.8. The van der Waals surface area contributed by atoms with Crippen LogP contribution in [0.5, 0.6) is 5.75 Å². The molecule has 0 aliphatic carbocycles. The summed E-state index contributed by atoms with van der Waals surface area (Å²) < 4.78 is 33.0. The van der Waals surface area contributed by atoms with Gasteiger partial charge in [0.1, 0.15) is 17.4 Å². The summed E-state index contributed by atoms with van der Waals surface area (Å²) in [7, 11) is -5.18. The van der Waals surface area contributed by atoms with E-state index in [9.17, 15) is 52.4 Å². The number of rotatable bonds is 10. The van der Waals surface area contributed by atoms with Crippen LogP contribution in [0.15, 0.2) is 27.6 Å². The molecule has 216 valence electrons. The Morgan fingerprint density at radius 2 is 1.95 bits per heavy atom. The van der Waals surface area contributed by atoms with E-state index in [1.165, 1.54) is 5.38 Å².